The summed E-state index contributed by atoms with van der Waals surface area (Å²) in [7, 11) is 0. The third kappa shape index (κ3) is 1.85. The minimum atomic E-state index is -0.170. The molecule has 3 aliphatic rings. The summed E-state index contributed by atoms with van der Waals surface area (Å²) in [5.41, 5.74) is 2.95. The molecule has 1 aromatic carbocycles. The van der Waals surface area contributed by atoms with Crippen molar-refractivity contribution in [2.45, 2.75) is 56.1 Å². The van der Waals surface area contributed by atoms with E-state index in [1.165, 1.54) is 30.4 Å². The van der Waals surface area contributed by atoms with Gasteiger partial charge in [-0.1, -0.05) is 24.3 Å². The number of hydrogen-bond acceptors (Lipinski definition) is 2. The Kier molecular flexibility index (Phi) is 2.71. The van der Waals surface area contributed by atoms with E-state index >= 15 is 0 Å². The molecule has 1 saturated carbocycles. The highest BCUT2D eigenvalue weighted by atomic mass is 16.5. The fourth-order valence-electron chi connectivity index (χ4n) is 4.21. The molecule has 1 N–H and O–H groups in total. The van der Waals surface area contributed by atoms with Crippen molar-refractivity contribution in [2.75, 3.05) is 6.61 Å². The summed E-state index contributed by atoms with van der Waals surface area (Å²) in [5, 5.41) is 10.7. The molecule has 0 radical (unpaired) electrons. The molecule has 0 bridgehead atoms. The predicted molar refractivity (Wildman–Crippen MR) is 74.2 cm³/mol. The fraction of sp³-hybridized carbons (Fsp3) is 0.647. The van der Waals surface area contributed by atoms with Crippen molar-refractivity contribution in [3.8, 4) is 0 Å². The van der Waals surface area contributed by atoms with Gasteiger partial charge in [0, 0.05) is 12.5 Å². The predicted octanol–water partition coefficient (Wildman–Crippen LogP) is 3.04. The molecule has 1 spiro atoms. The van der Waals surface area contributed by atoms with Gasteiger partial charge in [-0.3, -0.25) is 0 Å². The molecule has 3 unspecified atom stereocenters. The van der Waals surface area contributed by atoms with E-state index in [4.69, 9.17) is 4.74 Å². The van der Waals surface area contributed by atoms with Gasteiger partial charge in [0.05, 0.1) is 11.7 Å². The maximum atomic E-state index is 10.7. The summed E-state index contributed by atoms with van der Waals surface area (Å²) < 4.78 is 5.97. The van der Waals surface area contributed by atoms with Crippen LogP contribution in [0, 0.1) is 5.92 Å². The molecule has 1 saturated heterocycles. The Balaban J connectivity index is 1.48. The molecular formula is C17H22O2. The number of aliphatic hydroxyl groups excluding tert-OH is 1. The molecule has 2 fully saturated rings. The summed E-state index contributed by atoms with van der Waals surface area (Å²) in [6.45, 7) is 0.843. The Morgan fingerprint density at radius 2 is 2.11 bits per heavy atom. The number of rotatable bonds is 2. The van der Waals surface area contributed by atoms with Crippen LogP contribution >= 0.6 is 0 Å². The van der Waals surface area contributed by atoms with Crippen molar-refractivity contribution in [3.63, 3.8) is 0 Å². The van der Waals surface area contributed by atoms with Gasteiger partial charge in [-0.25, -0.2) is 0 Å². The average molecular weight is 258 g/mol. The van der Waals surface area contributed by atoms with Crippen LogP contribution in [-0.2, 0) is 11.2 Å². The van der Waals surface area contributed by atoms with Crippen LogP contribution in [0.1, 0.15) is 49.1 Å². The first-order valence-corrected chi connectivity index (χ1v) is 7.67. The van der Waals surface area contributed by atoms with E-state index in [-0.39, 0.29) is 11.7 Å². The Bertz CT molecular complexity index is 478. The van der Waals surface area contributed by atoms with Gasteiger partial charge < -0.3 is 9.84 Å². The Morgan fingerprint density at radius 3 is 2.84 bits per heavy atom. The quantitative estimate of drug-likeness (QED) is 0.883. The smallest absolute Gasteiger partial charge is 0.0686 e. The molecule has 102 valence electrons. The van der Waals surface area contributed by atoms with E-state index in [1.54, 1.807) is 0 Å². The van der Waals surface area contributed by atoms with Gasteiger partial charge in [-0.15, -0.1) is 0 Å². The van der Waals surface area contributed by atoms with Gasteiger partial charge >= 0.3 is 0 Å². The zero-order chi connectivity index (χ0) is 12.9. The Labute approximate surface area is 114 Å². The molecule has 2 aliphatic carbocycles. The van der Waals surface area contributed by atoms with Crippen LogP contribution in [0.5, 0.6) is 0 Å². The van der Waals surface area contributed by atoms with E-state index in [1.807, 2.05) is 0 Å². The van der Waals surface area contributed by atoms with Crippen molar-refractivity contribution >= 4 is 0 Å². The monoisotopic (exact) mass is 258 g/mol. The molecule has 2 heteroatoms. The maximum Gasteiger partial charge on any atom is 0.0686 e. The molecule has 0 aromatic heterocycles. The lowest BCUT2D eigenvalue weighted by molar-refractivity contribution is -0.159. The van der Waals surface area contributed by atoms with E-state index < -0.39 is 0 Å². The van der Waals surface area contributed by atoms with Gasteiger partial charge in [0.1, 0.15) is 0 Å². The second-order valence-electron chi connectivity index (χ2n) is 6.64. The third-order valence-corrected chi connectivity index (χ3v) is 5.59. The standard InChI is InChI=1S/C17H22O2/c18-16(15-10-12-4-1-2-5-14(12)15)13-6-9-19-17(11-13)7-3-8-17/h1-2,4-5,13,15-16,18H,3,6-11H2. The van der Waals surface area contributed by atoms with Crippen LogP contribution in [0.4, 0.5) is 0 Å². The highest BCUT2D eigenvalue weighted by Gasteiger charge is 2.46. The Morgan fingerprint density at radius 1 is 1.26 bits per heavy atom. The number of ether oxygens (including phenoxy) is 1. The van der Waals surface area contributed by atoms with Crippen molar-refractivity contribution < 1.29 is 9.84 Å². The second kappa shape index (κ2) is 4.32. The van der Waals surface area contributed by atoms with E-state index in [2.05, 4.69) is 24.3 Å². The SMILES string of the molecule is OC(C1CCOC2(CCC2)C1)C1Cc2ccccc21. The minimum Gasteiger partial charge on any atom is -0.392 e. The van der Waals surface area contributed by atoms with Crippen molar-refractivity contribution in [1.29, 1.82) is 0 Å². The van der Waals surface area contributed by atoms with Crippen LogP contribution < -0.4 is 0 Å². The van der Waals surface area contributed by atoms with Gasteiger partial charge in [-0.05, 0) is 55.6 Å². The van der Waals surface area contributed by atoms with Gasteiger partial charge in [0.2, 0.25) is 0 Å². The van der Waals surface area contributed by atoms with Crippen LogP contribution in [0.15, 0.2) is 24.3 Å². The molecule has 2 nitrogen and oxygen atoms in total. The Hall–Kier alpha value is -0.860. The first kappa shape index (κ1) is 11.9. The minimum absolute atomic E-state index is 0.146. The fourth-order valence-corrected chi connectivity index (χ4v) is 4.21. The van der Waals surface area contributed by atoms with E-state index in [0.29, 0.717) is 11.8 Å². The van der Waals surface area contributed by atoms with Gasteiger partial charge in [-0.2, -0.15) is 0 Å². The van der Waals surface area contributed by atoms with Crippen LogP contribution in [0.25, 0.3) is 0 Å². The molecule has 1 aliphatic heterocycles. The zero-order valence-corrected chi connectivity index (χ0v) is 11.3. The van der Waals surface area contributed by atoms with Crippen LogP contribution in [-0.4, -0.2) is 23.4 Å². The lowest BCUT2D eigenvalue weighted by atomic mass is 9.65. The maximum absolute atomic E-state index is 10.7. The van der Waals surface area contributed by atoms with Crippen molar-refractivity contribution in [1.82, 2.24) is 0 Å². The van der Waals surface area contributed by atoms with Gasteiger partial charge in [0.15, 0.2) is 0 Å². The summed E-state index contributed by atoms with van der Waals surface area (Å²) >= 11 is 0. The number of fused-ring (bicyclic) bond motifs is 1. The molecule has 4 rings (SSSR count). The molecule has 1 aromatic rings. The first-order chi connectivity index (χ1) is 9.27. The summed E-state index contributed by atoms with van der Waals surface area (Å²) in [5.74, 6) is 0.809. The number of benzene rings is 1. The molecule has 0 amide bonds. The second-order valence-corrected chi connectivity index (χ2v) is 6.64. The van der Waals surface area contributed by atoms with Crippen LogP contribution in [0.2, 0.25) is 0 Å². The highest BCUT2D eigenvalue weighted by molar-refractivity contribution is 5.41. The highest BCUT2D eigenvalue weighted by Crippen LogP contribution is 2.48. The first-order valence-electron chi connectivity index (χ1n) is 7.67. The number of aliphatic hydroxyl groups is 1. The van der Waals surface area contributed by atoms with E-state index in [9.17, 15) is 5.11 Å². The third-order valence-electron chi connectivity index (χ3n) is 5.59. The van der Waals surface area contributed by atoms with Crippen molar-refractivity contribution in [2.24, 2.45) is 5.92 Å². The molecular weight excluding hydrogens is 236 g/mol. The lowest BCUT2D eigenvalue weighted by Crippen LogP contribution is -2.49. The van der Waals surface area contributed by atoms with E-state index in [0.717, 1.165) is 25.9 Å². The molecule has 1 heterocycles. The number of hydrogen-bond donors (Lipinski definition) is 1. The summed E-state index contributed by atoms with van der Waals surface area (Å²) in [6, 6.07) is 8.56. The van der Waals surface area contributed by atoms with Crippen molar-refractivity contribution in [3.05, 3.63) is 35.4 Å². The molecule has 3 atom stereocenters. The topological polar surface area (TPSA) is 29.5 Å². The van der Waals surface area contributed by atoms with Crippen LogP contribution in [0.3, 0.4) is 0 Å². The average Bonchev–Trinajstić information content (AvgIpc) is 2.38. The zero-order valence-electron chi connectivity index (χ0n) is 11.3. The largest absolute Gasteiger partial charge is 0.392 e. The lowest BCUT2D eigenvalue weighted by Gasteiger charge is -2.49. The molecule has 19 heavy (non-hydrogen) atoms. The normalized spacial score (nSPS) is 33.1. The van der Waals surface area contributed by atoms with Gasteiger partial charge in [0.25, 0.3) is 0 Å². The summed E-state index contributed by atoms with van der Waals surface area (Å²) in [4.78, 5) is 0. The summed E-state index contributed by atoms with van der Waals surface area (Å²) in [6.07, 6.45) is 6.71.